The van der Waals surface area contributed by atoms with Crippen LogP contribution in [0.2, 0.25) is 0 Å². The van der Waals surface area contributed by atoms with Gasteiger partial charge in [0.05, 0.1) is 21.3 Å². The summed E-state index contributed by atoms with van der Waals surface area (Å²) in [6.07, 6.45) is 0. The quantitative estimate of drug-likeness (QED) is 0.352. The number of benzene rings is 3. The van der Waals surface area contributed by atoms with Crippen LogP contribution in [0, 0.1) is 0 Å². The molecule has 0 amide bonds. The molecule has 6 heteroatoms. The number of oxazole rings is 1. The first-order valence-electron chi connectivity index (χ1n) is 10.3. The van der Waals surface area contributed by atoms with Gasteiger partial charge in [-0.1, -0.05) is 6.07 Å². The molecule has 0 aliphatic heterocycles. The van der Waals surface area contributed by atoms with Crippen molar-refractivity contribution in [3.05, 3.63) is 54.6 Å². The van der Waals surface area contributed by atoms with Gasteiger partial charge in [0.2, 0.25) is 11.6 Å². The van der Waals surface area contributed by atoms with Crippen molar-refractivity contribution in [3.8, 4) is 45.6 Å². The van der Waals surface area contributed by atoms with Crippen LogP contribution in [0.5, 0.6) is 23.0 Å². The SMILES string of the molecule is COc1ccc(-c2ccc3nc(-c4ccc(OC(C)(C)C)cc4)oc3c2)c(OC)c1OC. The largest absolute Gasteiger partial charge is 0.493 e. The molecule has 6 nitrogen and oxygen atoms in total. The summed E-state index contributed by atoms with van der Waals surface area (Å²) in [4.78, 5) is 4.64. The lowest BCUT2D eigenvalue weighted by Crippen LogP contribution is -2.22. The van der Waals surface area contributed by atoms with Crippen LogP contribution >= 0.6 is 0 Å². The Morgan fingerprint density at radius 3 is 2.06 bits per heavy atom. The van der Waals surface area contributed by atoms with Gasteiger partial charge in [0.1, 0.15) is 16.9 Å². The summed E-state index contributed by atoms with van der Waals surface area (Å²) < 4.78 is 28.5. The van der Waals surface area contributed by atoms with Gasteiger partial charge in [-0.25, -0.2) is 4.98 Å². The van der Waals surface area contributed by atoms with Crippen LogP contribution in [0.25, 0.3) is 33.7 Å². The fourth-order valence-corrected chi connectivity index (χ4v) is 3.56. The van der Waals surface area contributed by atoms with Crippen molar-refractivity contribution < 1.29 is 23.4 Å². The van der Waals surface area contributed by atoms with Gasteiger partial charge >= 0.3 is 0 Å². The first-order valence-corrected chi connectivity index (χ1v) is 10.3. The van der Waals surface area contributed by atoms with Crippen LogP contribution in [-0.4, -0.2) is 31.9 Å². The maximum Gasteiger partial charge on any atom is 0.227 e. The van der Waals surface area contributed by atoms with Crippen LogP contribution in [0.4, 0.5) is 0 Å². The predicted molar refractivity (Wildman–Crippen MR) is 125 cm³/mol. The van der Waals surface area contributed by atoms with Gasteiger partial charge < -0.3 is 23.4 Å². The van der Waals surface area contributed by atoms with Crippen LogP contribution in [0.3, 0.4) is 0 Å². The van der Waals surface area contributed by atoms with E-state index < -0.39 is 0 Å². The Hall–Kier alpha value is -3.67. The molecule has 0 fully saturated rings. The highest BCUT2D eigenvalue weighted by Crippen LogP contribution is 2.44. The maximum absolute atomic E-state index is 6.08. The van der Waals surface area contributed by atoms with E-state index in [0.717, 1.165) is 28.0 Å². The van der Waals surface area contributed by atoms with Crippen molar-refractivity contribution in [2.24, 2.45) is 0 Å². The molecule has 4 aromatic rings. The fourth-order valence-electron chi connectivity index (χ4n) is 3.56. The van der Waals surface area contributed by atoms with E-state index in [1.54, 1.807) is 21.3 Å². The molecule has 0 aliphatic carbocycles. The van der Waals surface area contributed by atoms with Crippen LogP contribution in [-0.2, 0) is 0 Å². The molecule has 1 heterocycles. The van der Waals surface area contributed by atoms with Gasteiger partial charge in [0, 0.05) is 11.1 Å². The summed E-state index contributed by atoms with van der Waals surface area (Å²) in [5.41, 5.74) is 3.89. The van der Waals surface area contributed by atoms with Gasteiger partial charge in [0.15, 0.2) is 17.1 Å². The average molecular weight is 434 g/mol. The summed E-state index contributed by atoms with van der Waals surface area (Å²) in [7, 11) is 4.80. The number of hydrogen-bond acceptors (Lipinski definition) is 6. The van der Waals surface area contributed by atoms with Crippen LogP contribution in [0.1, 0.15) is 20.8 Å². The number of methoxy groups -OCH3 is 3. The molecule has 32 heavy (non-hydrogen) atoms. The molecule has 0 aliphatic rings. The van der Waals surface area contributed by atoms with Gasteiger partial charge in [0.25, 0.3) is 0 Å². The van der Waals surface area contributed by atoms with Crippen LogP contribution in [0.15, 0.2) is 59.0 Å². The maximum atomic E-state index is 6.08. The van der Waals surface area contributed by atoms with Gasteiger partial charge in [-0.3, -0.25) is 0 Å². The first kappa shape index (κ1) is 21.6. The summed E-state index contributed by atoms with van der Waals surface area (Å²) in [5.74, 6) is 3.11. The number of nitrogens with zero attached hydrogens (tertiary/aromatic N) is 1. The Bertz CT molecular complexity index is 1240. The van der Waals surface area contributed by atoms with E-state index in [9.17, 15) is 0 Å². The standard InChI is InChI=1S/C26H27NO5/c1-26(2,3)32-18-10-7-16(8-11-18)25-27-20-13-9-17(15-22(20)31-25)19-12-14-21(28-4)24(30-6)23(19)29-5/h7-15H,1-6H3. The molecule has 0 radical (unpaired) electrons. The second-order valence-corrected chi connectivity index (χ2v) is 8.32. The van der Waals surface area contributed by atoms with Crippen molar-refractivity contribution >= 4 is 11.1 Å². The molecule has 0 spiro atoms. The van der Waals surface area contributed by atoms with Crippen LogP contribution < -0.4 is 18.9 Å². The van der Waals surface area contributed by atoms with Crippen molar-refractivity contribution in [2.75, 3.05) is 21.3 Å². The Morgan fingerprint density at radius 2 is 1.44 bits per heavy atom. The van der Waals surface area contributed by atoms with E-state index in [4.69, 9.17) is 23.4 Å². The Morgan fingerprint density at radius 1 is 0.750 bits per heavy atom. The highest BCUT2D eigenvalue weighted by molar-refractivity contribution is 5.85. The van der Waals surface area contributed by atoms with Gasteiger partial charge in [-0.05, 0) is 74.9 Å². The van der Waals surface area contributed by atoms with E-state index in [2.05, 4.69) is 4.98 Å². The molecule has 166 valence electrons. The normalized spacial score (nSPS) is 11.4. The van der Waals surface area contributed by atoms with Gasteiger partial charge in [-0.2, -0.15) is 0 Å². The molecular formula is C26H27NO5. The molecule has 1 aromatic heterocycles. The molecular weight excluding hydrogens is 406 g/mol. The van der Waals surface area contributed by atoms with E-state index in [0.29, 0.717) is 28.7 Å². The van der Waals surface area contributed by atoms with Crippen molar-refractivity contribution in [3.63, 3.8) is 0 Å². The summed E-state index contributed by atoms with van der Waals surface area (Å²) >= 11 is 0. The van der Waals surface area contributed by atoms with E-state index in [1.165, 1.54) is 0 Å². The Kier molecular flexibility index (Phi) is 5.70. The number of fused-ring (bicyclic) bond motifs is 1. The third-order valence-corrected chi connectivity index (χ3v) is 4.93. The van der Waals surface area contributed by atoms with E-state index in [-0.39, 0.29) is 5.60 Å². The third-order valence-electron chi connectivity index (χ3n) is 4.93. The number of aromatic nitrogens is 1. The molecule has 4 rings (SSSR count). The highest BCUT2D eigenvalue weighted by atomic mass is 16.5. The van der Waals surface area contributed by atoms with Crippen molar-refractivity contribution in [1.29, 1.82) is 0 Å². The molecule has 0 N–H and O–H groups in total. The van der Waals surface area contributed by atoms with Gasteiger partial charge in [-0.15, -0.1) is 0 Å². The number of ether oxygens (including phenoxy) is 4. The summed E-state index contributed by atoms with van der Waals surface area (Å²) in [6, 6.07) is 17.4. The average Bonchev–Trinajstić information content (AvgIpc) is 3.20. The number of hydrogen-bond donors (Lipinski definition) is 0. The zero-order valence-electron chi connectivity index (χ0n) is 19.2. The lowest BCUT2D eigenvalue weighted by molar-refractivity contribution is 0.131. The lowest BCUT2D eigenvalue weighted by Gasteiger charge is -2.21. The molecule has 0 saturated heterocycles. The second-order valence-electron chi connectivity index (χ2n) is 8.32. The predicted octanol–water partition coefficient (Wildman–Crippen LogP) is 6.36. The third kappa shape index (κ3) is 4.21. The zero-order valence-corrected chi connectivity index (χ0v) is 19.2. The first-order chi connectivity index (χ1) is 15.3. The minimum atomic E-state index is -0.249. The summed E-state index contributed by atoms with van der Waals surface area (Å²) in [5, 5.41) is 0. The summed E-state index contributed by atoms with van der Waals surface area (Å²) in [6.45, 7) is 6.06. The van der Waals surface area contributed by atoms with E-state index >= 15 is 0 Å². The molecule has 3 aromatic carbocycles. The monoisotopic (exact) mass is 433 g/mol. The molecule has 0 unspecified atom stereocenters. The minimum Gasteiger partial charge on any atom is -0.493 e. The smallest absolute Gasteiger partial charge is 0.227 e. The number of rotatable bonds is 6. The van der Waals surface area contributed by atoms with Crippen molar-refractivity contribution in [2.45, 2.75) is 26.4 Å². The second kappa shape index (κ2) is 8.46. The minimum absolute atomic E-state index is 0.249. The molecule has 0 saturated carbocycles. The molecule has 0 bridgehead atoms. The fraction of sp³-hybridized carbons (Fsp3) is 0.269. The lowest BCUT2D eigenvalue weighted by atomic mass is 10.0. The molecule has 0 atom stereocenters. The van der Waals surface area contributed by atoms with Crippen molar-refractivity contribution in [1.82, 2.24) is 4.98 Å². The Balaban J connectivity index is 1.70. The zero-order chi connectivity index (χ0) is 22.9. The highest BCUT2D eigenvalue weighted by Gasteiger charge is 2.18. The Labute approximate surface area is 187 Å². The van der Waals surface area contributed by atoms with E-state index in [1.807, 2.05) is 75.4 Å². The topological polar surface area (TPSA) is 63.0 Å².